The summed E-state index contributed by atoms with van der Waals surface area (Å²) in [4.78, 5) is 10.3. The van der Waals surface area contributed by atoms with Crippen molar-refractivity contribution in [1.82, 2.24) is 4.72 Å². The lowest BCUT2D eigenvalue weighted by molar-refractivity contribution is -0.385. The summed E-state index contributed by atoms with van der Waals surface area (Å²) in [5, 5.41) is 11.0. The van der Waals surface area contributed by atoms with E-state index in [1.54, 1.807) is 6.92 Å². The number of nitrogens with one attached hydrogen (secondary N) is 1. The average Bonchev–Trinajstić information content (AvgIpc) is 2.72. The second-order valence-corrected chi connectivity index (χ2v) is 8.50. The third kappa shape index (κ3) is 5.07. The highest BCUT2D eigenvalue weighted by Crippen LogP contribution is 2.28. The Morgan fingerprint density at radius 2 is 1.48 bits per heavy atom. The molecule has 0 radical (unpaired) electrons. The average molecular weight is 410 g/mol. The molecule has 0 aliphatic heterocycles. The molecule has 0 heterocycles. The summed E-state index contributed by atoms with van der Waals surface area (Å²) in [6.45, 7) is 1.83. The maximum atomic E-state index is 12.7. The first-order chi connectivity index (χ1) is 13.9. The molecular weight excluding hydrogens is 388 g/mol. The number of sulfonamides is 1. The quantitative estimate of drug-likeness (QED) is 0.440. The highest BCUT2D eigenvalue weighted by Gasteiger charge is 2.21. The molecule has 6 nitrogen and oxygen atoms in total. The molecule has 0 saturated carbocycles. The van der Waals surface area contributed by atoms with Gasteiger partial charge in [0.05, 0.1) is 9.82 Å². The third-order valence-electron chi connectivity index (χ3n) is 4.80. The molecule has 0 fully saturated rings. The van der Waals surface area contributed by atoms with Crippen molar-refractivity contribution in [2.75, 3.05) is 6.54 Å². The van der Waals surface area contributed by atoms with Crippen molar-refractivity contribution in [3.63, 3.8) is 0 Å². The highest BCUT2D eigenvalue weighted by molar-refractivity contribution is 7.89. The first-order valence-electron chi connectivity index (χ1n) is 9.23. The maximum absolute atomic E-state index is 12.7. The minimum atomic E-state index is -3.86. The van der Waals surface area contributed by atoms with Crippen molar-refractivity contribution in [1.29, 1.82) is 0 Å². The molecule has 29 heavy (non-hydrogen) atoms. The van der Waals surface area contributed by atoms with Crippen LogP contribution in [0.1, 0.15) is 29.0 Å². The van der Waals surface area contributed by atoms with Gasteiger partial charge in [-0.05, 0) is 30.0 Å². The van der Waals surface area contributed by atoms with Crippen molar-refractivity contribution in [2.45, 2.75) is 24.2 Å². The maximum Gasteiger partial charge on any atom is 0.270 e. The molecule has 0 bridgehead atoms. The molecule has 0 aliphatic carbocycles. The summed E-state index contributed by atoms with van der Waals surface area (Å²) in [5.41, 5.74) is 2.42. The van der Waals surface area contributed by atoms with Gasteiger partial charge in [0.1, 0.15) is 0 Å². The third-order valence-corrected chi connectivity index (χ3v) is 6.40. The number of benzene rings is 3. The van der Waals surface area contributed by atoms with Gasteiger partial charge in [0.25, 0.3) is 5.69 Å². The first kappa shape index (κ1) is 20.7. The fourth-order valence-electron chi connectivity index (χ4n) is 3.30. The van der Waals surface area contributed by atoms with E-state index >= 15 is 0 Å². The summed E-state index contributed by atoms with van der Waals surface area (Å²) in [7, 11) is -3.86. The number of hydrogen-bond acceptors (Lipinski definition) is 4. The van der Waals surface area contributed by atoms with Gasteiger partial charge in [0, 0.05) is 24.6 Å². The topological polar surface area (TPSA) is 89.3 Å². The van der Waals surface area contributed by atoms with Crippen molar-refractivity contribution >= 4 is 15.7 Å². The van der Waals surface area contributed by atoms with E-state index in [4.69, 9.17) is 0 Å². The Balaban J connectivity index is 1.79. The van der Waals surface area contributed by atoms with Crippen molar-refractivity contribution < 1.29 is 13.3 Å². The van der Waals surface area contributed by atoms with Gasteiger partial charge >= 0.3 is 0 Å². The fraction of sp³-hybridized carbons (Fsp3) is 0.182. The number of rotatable bonds is 8. The van der Waals surface area contributed by atoms with Gasteiger partial charge in [-0.1, -0.05) is 66.7 Å². The van der Waals surface area contributed by atoms with E-state index in [0.29, 0.717) is 12.0 Å². The summed E-state index contributed by atoms with van der Waals surface area (Å²) < 4.78 is 28.1. The second-order valence-electron chi connectivity index (χ2n) is 6.77. The second kappa shape index (κ2) is 8.98. The number of aryl methyl sites for hydroxylation is 1. The molecule has 1 N–H and O–H groups in total. The van der Waals surface area contributed by atoms with E-state index in [-0.39, 0.29) is 23.0 Å². The van der Waals surface area contributed by atoms with Gasteiger partial charge in [-0.25, -0.2) is 13.1 Å². The molecule has 3 aromatic carbocycles. The standard InChI is InChI=1S/C22H22N2O4S/c1-17-12-13-20(24(25)26)16-22(17)29(27,28)23-15-14-21(18-8-4-2-5-9-18)19-10-6-3-7-11-19/h2-13,16,21,23H,14-15H2,1H3. The number of nitro groups is 1. The predicted octanol–water partition coefficient (Wildman–Crippen LogP) is 4.40. The van der Waals surface area contributed by atoms with E-state index in [2.05, 4.69) is 4.72 Å². The van der Waals surface area contributed by atoms with Crippen molar-refractivity contribution in [2.24, 2.45) is 0 Å². The lowest BCUT2D eigenvalue weighted by Crippen LogP contribution is -2.27. The molecule has 7 heteroatoms. The van der Waals surface area contributed by atoms with Crippen LogP contribution in [0.4, 0.5) is 5.69 Å². The van der Waals surface area contributed by atoms with E-state index in [0.717, 1.165) is 17.2 Å². The zero-order valence-electron chi connectivity index (χ0n) is 16.0. The fourth-order valence-corrected chi connectivity index (χ4v) is 4.61. The van der Waals surface area contributed by atoms with Crippen LogP contribution in [0.2, 0.25) is 0 Å². The summed E-state index contributed by atoms with van der Waals surface area (Å²) >= 11 is 0. The molecule has 0 aliphatic rings. The zero-order valence-corrected chi connectivity index (χ0v) is 16.8. The number of nitrogens with zero attached hydrogens (tertiary/aromatic N) is 1. The van der Waals surface area contributed by atoms with Crippen LogP contribution in [-0.4, -0.2) is 19.9 Å². The lowest BCUT2D eigenvalue weighted by Gasteiger charge is -2.18. The summed E-state index contributed by atoms with van der Waals surface area (Å²) in [5.74, 6) is 0.0336. The van der Waals surface area contributed by atoms with Gasteiger partial charge < -0.3 is 0 Å². The summed E-state index contributed by atoms with van der Waals surface area (Å²) in [6, 6.07) is 23.7. The Bertz CT molecular complexity index is 1040. The molecule has 3 aromatic rings. The molecule has 0 aromatic heterocycles. The summed E-state index contributed by atoms with van der Waals surface area (Å²) in [6.07, 6.45) is 0.557. The molecular formula is C22H22N2O4S. The van der Waals surface area contributed by atoms with Crippen molar-refractivity contribution in [3.8, 4) is 0 Å². The minimum absolute atomic E-state index is 0.0336. The Kier molecular flexibility index (Phi) is 6.41. The molecule has 3 rings (SSSR count). The van der Waals surface area contributed by atoms with Gasteiger partial charge in [-0.15, -0.1) is 0 Å². The highest BCUT2D eigenvalue weighted by atomic mass is 32.2. The van der Waals surface area contributed by atoms with Crippen LogP contribution < -0.4 is 4.72 Å². The van der Waals surface area contributed by atoms with E-state index in [1.165, 1.54) is 12.1 Å². The number of nitro benzene ring substituents is 1. The van der Waals surface area contributed by atoms with Crippen LogP contribution in [-0.2, 0) is 10.0 Å². The Labute approximate surface area is 170 Å². The van der Waals surface area contributed by atoms with Gasteiger partial charge in [0.15, 0.2) is 0 Å². The monoisotopic (exact) mass is 410 g/mol. The molecule has 0 saturated heterocycles. The first-order valence-corrected chi connectivity index (χ1v) is 10.7. The van der Waals surface area contributed by atoms with Gasteiger partial charge in [0.2, 0.25) is 10.0 Å². The Hall–Kier alpha value is -3.03. The van der Waals surface area contributed by atoms with Crippen LogP contribution in [0.25, 0.3) is 0 Å². The number of non-ortho nitro benzene ring substituents is 1. The van der Waals surface area contributed by atoms with E-state index < -0.39 is 14.9 Å². The molecule has 150 valence electrons. The lowest BCUT2D eigenvalue weighted by atomic mass is 9.89. The van der Waals surface area contributed by atoms with Gasteiger partial charge in [-0.2, -0.15) is 0 Å². The molecule has 0 unspecified atom stereocenters. The molecule has 0 atom stereocenters. The van der Waals surface area contributed by atoms with Crippen LogP contribution in [0.5, 0.6) is 0 Å². The van der Waals surface area contributed by atoms with Crippen LogP contribution in [0.3, 0.4) is 0 Å². The van der Waals surface area contributed by atoms with Gasteiger partial charge in [-0.3, -0.25) is 10.1 Å². The van der Waals surface area contributed by atoms with Crippen LogP contribution >= 0.6 is 0 Å². The Morgan fingerprint density at radius 1 is 0.931 bits per heavy atom. The SMILES string of the molecule is Cc1ccc([N+](=O)[O-])cc1S(=O)(=O)NCCC(c1ccccc1)c1ccccc1. The van der Waals surface area contributed by atoms with Crippen LogP contribution in [0, 0.1) is 17.0 Å². The smallest absolute Gasteiger partial charge is 0.258 e. The number of hydrogen-bond donors (Lipinski definition) is 1. The largest absolute Gasteiger partial charge is 0.270 e. The molecule has 0 amide bonds. The zero-order chi connectivity index (χ0) is 20.9. The normalized spacial score (nSPS) is 11.5. The van der Waals surface area contributed by atoms with Crippen molar-refractivity contribution in [3.05, 3.63) is 106 Å². The minimum Gasteiger partial charge on any atom is -0.258 e. The molecule has 0 spiro atoms. The Morgan fingerprint density at radius 3 is 2.00 bits per heavy atom. The van der Waals surface area contributed by atoms with E-state index in [9.17, 15) is 18.5 Å². The van der Waals surface area contributed by atoms with Crippen LogP contribution in [0.15, 0.2) is 83.8 Å². The predicted molar refractivity (Wildman–Crippen MR) is 112 cm³/mol. The van der Waals surface area contributed by atoms with E-state index in [1.807, 2.05) is 60.7 Å².